The Morgan fingerprint density at radius 2 is 2.45 bits per heavy atom. The number of amides is 1. The highest BCUT2D eigenvalue weighted by molar-refractivity contribution is 5.90. The summed E-state index contributed by atoms with van der Waals surface area (Å²) in [6, 6.07) is 1.78. The molecule has 0 saturated carbocycles. The zero-order valence-corrected chi connectivity index (χ0v) is 12.3. The number of piperidine rings is 1. The first kappa shape index (κ1) is 15.0. The number of nitrogens with two attached hydrogens (primary N) is 1. The van der Waals surface area contributed by atoms with Gasteiger partial charge in [0.15, 0.2) is 0 Å². The summed E-state index contributed by atoms with van der Waals surface area (Å²) < 4.78 is 5.11. The molecule has 1 amide bonds. The van der Waals surface area contributed by atoms with Gasteiger partial charge in [0.2, 0.25) is 11.8 Å². The maximum atomic E-state index is 12.0. The summed E-state index contributed by atoms with van der Waals surface area (Å²) >= 11 is 0. The van der Waals surface area contributed by atoms with Crippen LogP contribution in [0.5, 0.6) is 0 Å². The van der Waals surface area contributed by atoms with Crippen molar-refractivity contribution in [3.63, 3.8) is 0 Å². The van der Waals surface area contributed by atoms with E-state index in [4.69, 9.17) is 10.3 Å². The van der Waals surface area contributed by atoms with Crippen LogP contribution in [-0.2, 0) is 4.79 Å². The van der Waals surface area contributed by atoms with Gasteiger partial charge in [-0.15, -0.1) is 0 Å². The van der Waals surface area contributed by atoms with Gasteiger partial charge in [-0.25, -0.2) is 0 Å². The van der Waals surface area contributed by atoms with Crippen LogP contribution < -0.4 is 11.1 Å². The van der Waals surface area contributed by atoms with E-state index in [-0.39, 0.29) is 11.8 Å². The average molecular weight is 280 g/mol. The third-order valence-corrected chi connectivity index (χ3v) is 3.69. The van der Waals surface area contributed by atoms with Crippen molar-refractivity contribution in [3.05, 3.63) is 11.8 Å². The molecule has 1 aromatic heterocycles. The van der Waals surface area contributed by atoms with Crippen molar-refractivity contribution in [1.82, 2.24) is 10.1 Å². The number of carbonyl (C=O) groups is 1. The Bertz CT molecular complexity index is 444. The predicted octanol–water partition coefficient (Wildman–Crippen LogP) is 1.41. The minimum atomic E-state index is -0.0610. The predicted molar refractivity (Wildman–Crippen MR) is 77.4 cm³/mol. The zero-order chi connectivity index (χ0) is 14.5. The Morgan fingerprint density at radius 3 is 3.10 bits per heavy atom. The molecule has 3 N–H and O–H groups in total. The summed E-state index contributed by atoms with van der Waals surface area (Å²) in [6.07, 6.45) is 2.27. The molecule has 6 nitrogen and oxygen atoms in total. The molecule has 1 aliphatic heterocycles. The van der Waals surface area contributed by atoms with Gasteiger partial charge in [-0.05, 0) is 37.8 Å². The number of carbonyl (C=O) groups excluding carboxylic acids is 1. The van der Waals surface area contributed by atoms with Crippen LogP contribution in [-0.4, -0.2) is 42.1 Å². The molecule has 0 bridgehead atoms. The lowest BCUT2D eigenvalue weighted by Crippen LogP contribution is -2.42. The second-order valence-electron chi connectivity index (χ2n) is 5.80. The molecule has 1 fully saturated rings. The molecule has 0 aromatic carbocycles. The van der Waals surface area contributed by atoms with Gasteiger partial charge in [-0.2, -0.15) is 0 Å². The van der Waals surface area contributed by atoms with Crippen molar-refractivity contribution in [2.45, 2.75) is 32.6 Å². The van der Waals surface area contributed by atoms with Crippen molar-refractivity contribution in [2.24, 2.45) is 11.7 Å². The van der Waals surface area contributed by atoms with E-state index < -0.39 is 0 Å². The molecule has 1 saturated heterocycles. The fourth-order valence-electron chi connectivity index (χ4n) is 2.49. The maximum absolute atomic E-state index is 12.0. The van der Waals surface area contributed by atoms with Gasteiger partial charge in [0.05, 0.1) is 12.2 Å². The number of nitrogens with zero attached hydrogens (tertiary/aromatic N) is 2. The van der Waals surface area contributed by atoms with Crippen LogP contribution in [0.1, 0.15) is 38.3 Å². The monoisotopic (exact) mass is 280 g/mol. The van der Waals surface area contributed by atoms with E-state index in [2.05, 4.69) is 15.4 Å². The zero-order valence-electron chi connectivity index (χ0n) is 12.3. The van der Waals surface area contributed by atoms with Crippen LogP contribution in [0.3, 0.4) is 0 Å². The van der Waals surface area contributed by atoms with Crippen molar-refractivity contribution in [3.8, 4) is 0 Å². The summed E-state index contributed by atoms with van der Waals surface area (Å²) in [7, 11) is 0. The quantitative estimate of drug-likeness (QED) is 0.852. The summed E-state index contributed by atoms with van der Waals surface area (Å²) in [4.78, 5) is 14.1. The highest BCUT2D eigenvalue weighted by Gasteiger charge is 2.21. The standard InChI is InChI=1S/C14H24N4O2/c1-10(2)12-6-14(20-17-12)16-13(19)9-18-5-3-4-11(7-15)8-18/h6,10-11H,3-5,7-9,15H2,1-2H3,(H,16,19). The first-order chi connectivity index (χ1) is 9.58. The third kappa shape index (κ3) is 4.05. The lowest BCUT2D eigenvalue weighted by Gasteiger charge is -2.31. The SMILES string of the molecule is CC(C)c1cc(NC(=O)CN2CCCC(CN)C2)on1. The minimum absolute atomic E-state index is 0.0610. The topological polar surface area (TPSA) is 84.4 Å². The Kier molecular flexibility index (Phi) is 5.14. The Morgan fingerprint density at radius 1 is 1.65 bits per heavy atom. The van der Waals surface area contributed by atoms with Gasteiger partial charge in [0, 0.05) is 12.6 Å². The minimum Gasteiger partial charge on any atom is -0.338 e. The van der Waals surface area contributed by atoms with Crippen LogP contribution >= 0.6 is 0 Å². The number of likely N-dealkylation sites (tertiary alicyclic amines) is 1. The summed E-state index contributed by atoms with van der Waals surface area (Å²) in [5.74, 6) is 1.16. The van der Waals surface area contributed by atoms with Crippen molar-refractivity contribution >= 4 is 11.8 Å². The molecule has 0 radical (unpaired) electrons. The molecule has 20 heavy (non-hydrogen) atoms. The first-order valence-electron chi connectivity index (χ1n) is 7.27. The third-order valence-electron chi connectivity index (χ3n) is 3.69. The van der Waals surface area contributed by atoms with Gasteiger partial charge in [0.25, 0.3) is 0 Å². The van der Waals surface area contributed by atoms with Crippen molar-refractivity contribution in [1.29, 1.82) is 0 Å². The van der Waals surface area contributed by atoms with Crippen LogP contribution in [0.4, 0.5) is 5.88 Å². The molecule has 1 aliphatic rings. The fourth-order valence-corrected chi connectivity index (χ4v) is 2.49. The second-order valence-corrected chi connectivity index (χ2v) is 5.80. The number of nitrogens with one attached hydrogen (secondary N) is 1. The fraction of sp³-hybridized carbons (Fsp3) is 0.714. The molecule has 2 heterocycles. The molecular weight excluding hydrogens is 256 g/mol. The van der Waals surface area contributed by atoms with Gasteiger partial charge in [0.1, 0.15) is 0 Å². The number of aromatic nitrogens is 1. The van der Waals surface area contributed by atoms with Gasteiger partial charge in [-0.3, -0.25) is 15.0 Å². The molecule has 6 heteroatoms. The molecule has 1 unspecified atom stereocenters. The Hall–Kier alpha value is -1.40. The Balaban J connectivity index is 1.82. The van der Waals surface area contributed by atoms with E-state index in [9.17, 15) is 4.79 Å². The van der Waals surface area contributed by atoms with Crippen LogP contribution in [0.15, 0.2) is 10.6 Å². The second kappa shape index (κ2) is 6.85. The van der Waals surface area contributed by atoms with E-state index in [0.717, 1.165) is 31.6 Å². The van der Waals surface area contributed by atoms with E-state index >= 15 is 0 Å². The van der Waals surface area contributed by atoms with Crippen molar-refractivity contribution < 1.29 is 9.32 Å². The van der Waals surface area contributed by atoms with Crippen LogP contribution in [0.25, 0.3) is 0 Å². The van der Waals surface area contributed by atoms with E-state index in [1.807, 2.05) is 13.8 Å². The molecule has 112 valence electrons. The lowest BCUT2D eigenvalue weighted by atomic mass is 9.98. The van der Waals surface area contributed by atoms with Gasteiger partial charge < -0.3 is 10.3 Å². The maximum Gasteiger partial charge on any atom is 0.240 e. The number of hydrogen-bond donors (Lipinski definition) is 2. The molecular formula is C14H24N4O2. The lowest BCUT2D eigenvalue weighted by molar-refractivity contribution is -0.117. The molecule has 2 rings (SSSR count). The highest BCUT2D eigenvalue weighted by atomic mass is 16.5. The van der Waals surface area contributed by atoms with Gasteiger partial charge >= 0.3 is 0 Å². The van der Waals surface area contributed by atoms with E-state index in [1.165, 1.54) is 0 Å². The number of anilines is 1. The summed E-state index contributed by atoms with van der Waals surface area (Å²) in [5, 5.41) is 6.68. The largest absolute Gasteiger partial charge is 0.338 e. The smallest absolute Gasteiger partial charge is 0.240 e. The molecule has 0 aliphatic carbocycles. The summed E-state index contributed by atoms with van der Waals surface area (Å²) in [6.45, 7) is 7.00. The molecule has 1 atom stereocenters. The van der Waals surface area contributed by atoms with Gasteiger partial charge in [-0.1, -0.05) is 19.0 Å². The number of rotatable bonds is 5. The molecule has 0 spiro atoms. The van der Waals surface area contributed by atoms with E-state index in [1.54, 1.807) is 6.07 Å². The normalized spacial score (nSPS) is 20.3. The Labute approximate surface area is 119 Å². The van der Waals surface area contributed by atoms with Crippen molar-refractivity contribution in [2.75, 3.05) is 31.5 Å². The average Bonchev–Trinajstić information content (AvgIpc) is 2.87. The number of hydrogen-bond acceptors (Lipinski definition) is 5. The van der Waals surface area contributed by atoms with Crippen LogP contribution in [0, 0.1) is 5.92 Å². The van der Waals surface area contributed by atoms with E-state index in [0.29, 0.717) is 24.9 Å². The molecule has 1 aromatic rings. The van der Waals surface area contributed by atoms with Crippen LogP contribution in [0.2, 0.25) is 0 Å². The summed E-state index contributed by atoms with van der Waals surface area (Å²) in [5.41, 5.74) is 6.55. The first-order valence-corrected chi connectivity index (χ1v) is 7.27. The highest BCUT2D eigenvalue weighted by Crippen LogP contribution is 2.18.